The number of nitrogens with two attached hydrogens (primary N) is 1. The van der Waals surface area contributed by atoms with E-state index >= 15 is 0 Å². The Labute approximate surface area is 227 Å². The van der Waals surface area contributed by atoms with Gasteiger partial charge in [0, 0.05) is 47.6 Å². The van der Waals surface area contributed by atoms with Gasteiger partial charge in [0.1, 0.15) is 18.1 Å². The molecule has 3 rings (SSSR count). The first-order chi connectivity index (χ1) is 18.6. The lowest BCUT2D eigenvalue weighted by molar-refractivity contribution is -0.143. The van der Waals surface area contributed by atoms with E-state index in [-0.39, 0.29) is 18.6 Å². The number of hydrogen-bond acceptors (Lipinski definition) is 8. The molecule has 0 fully saturated rings. The molecule has 0 aliphatic rings. The Morgan fingerprint density at radius 1 is 0.923 bits per heavy atom. The van der Waals surface area contributed by atoms with Crippen molar-refractivity contribution in [2.24, 2.45) is 5.73 Å². The Morgan fingerprint density at radius 3 is 2.23 bits per heavy atom. The Hall–Kier alpha value is -4.37. The van der Waals surface area contributed by atoms with E-state index < -0.39 is 60.2 Å². The van der Waals surface area contributed by atoms with Gasteiger partial charge in [0.05, 0.1) is 18.8 Å². The third-order valence-electron chi connectivity index (χ3n) is 5.87. The first kappa shape index (κ1) is 29.2. The zero-order valence-corrected chi connectivity index (χ0v) is 21.5. The van der Waals surface area contributed by atoms with Gasteiger partial charge in [-0.3, -0.25) is 19.2 Å². The fourth-order valence-corrected chi connectivity index (χ4v) is 4.10. The molecule has 4 atom stereocenters. The second-order valence-electron chi connectivity index (χ2n) is 8.75. The summed E-state index contributed by atoms with van der Waals surface area (Å²) >= 11 is 4.07. The number of carbonyl (C=O) groups excluding carboxylic acids is 3. The Morgan fingerprint density at radius 2 is 1.59 bits per heavy atom. The van der Waals surface area contributed by atoms with Crippen LogP contribution in [0.4, 0.5) is 0 Å². The van der Waals surface area contributed by atoms with E-state index in [0.29, 0.717) is 11.3 Å². The van der Waals surface area contributed by atoms with Crippen molar-refractivity contribution >= 4 is 53.2 Å². The van der Waals surface area contributed by atoms with Crippen molar-refractivity contribution in [3.05, 3.63) is 54.2 Å². The molecule has 4 unspecified atom stereocenters. The summed E-state index contributed by atoms with van der Waals surface area (Å²) in [4.78, 5) is 71.1. The van der Waals surface area contributed by atoms with Gasteiger partial charge in [-0.05, 0) is 11.6 Å². The molecule has 1 aromatic carbocycles. The molecule has 9 N–H and O–H groups in total. The predicted octanol–water partition coefficient (Wildman–Crippen LogP) is -1.05. The summed E-state index contributed by atoms with van der Waals surface area (Å²) in [5.41, 5.74) is 7.89. The van der Waals surface area contributed by atoms with Crippen LogP contribution in [0, 0.1) is 0 Å². The molecule has 0 bridgehead atoms. The van der Waals surface area contributed by atoms with Crippen LogP contribution < -0.4 is 21.7 Å². The molecule has 39 heavy (non-hydrogen) atoms. The van der Waals surface area contributed by atoms with E-state index in [1.54, 1.807) is 12.3 Å². The van der Waals surface area contributed by atoms with Crippen LogP contribution in [-0.2, 0) is 36.8 Å². The third kappa shape index (κ3) is 8.05. The minimum atomic E-state index is -1.56. The van der Waals surface area contributed by atoms with E-state index in [1.165, 1.54) is 12.5 Å². The lowest BCUT2D eigenvalue weighted by atomic mass is 10.0. The number of carbonyl (C=O) groups is 5. The molecule has 2 heterocycles. The standard InChI is InChI=1S/C24H29N7O7S/c25-15(6-13-9-26-11-28-13)21(34)29-17(7-20(32)33)22(35)31-19(10-39)23(36)30-18(24(37)38)5-12-8-27-16-4-2-1-3-14(12)16/h1-4,8-9,11,15,17-19,27,39H,5-7,10,25H2,(H,26,28)(H,29,34)(H,30,36)(H,31,35)(H,32,33)(H,37,38). The lowest BCUT2D eigenvalue weighted by Crippen LogP contribution is -2.58. The van der Waals surface area contributed by atoms with Gasteiger partial charge >= 0.3 is 11.9 Å². The van der Waals surface area contributed by atoms with Crippen LogP contribution in [0.2, 0.25) is 0 Å². The topological polar surface area (TPSA) is 232 Å². The van der Waals surface area contributed by atoms with E-state index in [2.05, 4.69) is 43.5 Å². The molecule has 3 aromatic rings. The average Bonchev–Trinajstić information content (AvgIpc) is 3.55. The van der Waals surface area contributed by atoms with Crippen molar-refractivity contribution in [2.75, 3.05) is 5.75 Å². The van der Waals surface area contributed by atoms with Crippen molar-refractivity contribution in [3.63, 3.8) is 0 Å². The van der Waals surface area contributed by atoms with Crippen LogP contribution >= 0.6 is 12.6 Å². The molecule has 3 amide bonds. The highest BCUT2D eigenvalue weighted by Gasteiger charge is 2.31. The zero-order valence-electron chi connectivity index (χ0n) is 20.6. The lowest BCUT2D eigenvalue weighted by Gasteiger charge is -2.23. The molecule has 0 aliphatic carbocycles. The summed E-state index contributed by atoms with van der Waals surface area (Å²) < 4.78 is 0. The molecule has 0 saturated carbocycles. The molecular formula is C24H29N7O7S. The monoisotopic (exact) mass is 559 g/mol. The summed E-state index contributed by atoms with van der Waals surface area (Å²) in [7, 11) is 0. The van der Waals surface area contributed by atoms with Crippen LogP contribution in [0.25, 0.3) is 10.9 Å². The zero-order chi connectivity index (χ0) is 28.5. The summed E-state index contributed by atoms with van der Waals surface area (Å²) in [6, 6.07) is 1.96. The van der Waals surface area contributed by atoms with Gasteiger partial charge in [0.2, 0.25) is 17.7 Å². The molecule has 0 spiro atoms. The van der Waals surface area contributed by atoms with E-state index in [1.807, 2.05) is 18.2 Å². The number of hydrogen-bond donors (Lipinski definition) is 9. The number of H-pyrrole nitrogens is 2. The van der Waals surface area contributed by atoms with Crippen molar-refractivity contribution in [3.8, 4) is 0 Å². The first-order valence-electron chi connectivity index (χ1n) is 11.8. The van der Waals surface area contributed by atoms with Gasteiger partial charge in [0.15, 0.2) is 0 Å². The Kier molecular flexibility index (Phi) is 10.1. The number of thiol groups is 1. The second kappa shape index (κ2) is 13.4. The fourth-order valence-electron chi connectivity index (χ4n) is 3.85. The number of rotatable bonds is 14. The number of nitrogens with zero attached hydrogens (tertiary/aromatic N) is 1. The average molecular weight is 560 g/mol. The van der Waals surface area contributed by atoms with Gasteiger partial charge in [-0.15, -0.1) is 0 Å². The number of para-hydroxylation sites is 1. The van der Waals surface area contributed by atoms with Crippen LogP contribution in [-0.4, -0.2) is 84.7 Å². The van der Waals surface area contributed by atoms with Crippen molar-refractivity contribution in [1.82, 2.24) is 30.9 Å². The highest BCUT2D eigenvalue weighted by atomic mass is 32.1. The number of imidazole rings is 1. The van der Waals surface area contributed by atoms with Crippen molar-refractivity contribution in [2.45, 2.75) is 43.4 Å². The fraction of sp³-hybridized carbons (Fsp3) is 0.333. The second-order valence-corrected chi connectivity index (χ2v) is 9.12. The number of carboxylic acid groups (broad SMARTS) is 2. The maximum absolute atomic E-state index is 12.9. The number of aromatic amines is 2. The summed E-state index contributed by atoms with van der Waals surface area (Å²) in [6.45, 7) is 0. The van der Waals surface area contributed by atoms with Crippen LogP contribution in [0.3, 0.4) is 0 Å². The quantitative estimate of drug-likeness (QED) is 0.109. The molecular weight excluding hydrogens is 530 g/mol. The smallest absolute Gasteiger partial charge is 0.326 e. The number of aliphatic carboxylic acids is 2. The molecule has 0 saturated heterocycles. The van der Waals surface area contributed by atoms with E-state index in [9.17, 15) is 34.2 Å². The van der Waals surface area contributed by atoms with Crippen molar-refractivity contribution < 1.29 is 34.2 Å². The molecule has 2 aromatic heterocycles. The first-order valence-corrected chi connectivity index (χ1v) is 12.5. The minimum Gasteiger partial charge on any atom is -0.481 e. The number of benzene rings is 1. The summed E-state index contributed by atoms with van der Waals surface area (Å²) in [5, 5.41) is 26.7. The van der Waals surface area contributed by atoms with Gasteiger partial charge in [-0.2, -0.15) is 12.6 Å². The number of aromatic nitrogens is 3. The number of carboxylic acids is 2. The minimum absolute atomic E-state index is 0.0375. The number of amides is 3. The van der Waals surface area contributed by atoms with Gasteiger partial charge in [-0.25, -0.2) is 9.78 Å². The Bertz CT molecular complexity index is 1330. The molecule has 15 heteroatoms. The maximum Gasteiger partial charge on any atom is 0.326 e. The molecule has 0 radical (unpaired) electrons. The predicted molar refractivity (Wildman–Crippen MR) is 142 cm³/mol. The summed E-state index contributed by atoms with van der Waals surface area (Å²) in [6.07, 6.45) is 3.76. The molecule has 208 valence electrons. The maximum atomic E-state index is 12.9. The van der Waals surface area contributed by atoms with Crippen LogP contribution in [0.5, 0.6) is 0 Å². The van der Waals surface area contributed by atoms with E-state index in [0.717, 1.165) is 10.9 Å². The SMILES string of the molecule is NC(Cc1cnc[nH]1)C(=O)NC(CC(=O)O)C(=O)NC(CS)C(=O)NC(Cc1c[nH]c2ccccc12)C(=O)O. The van der Waals surface area contributed by atoms with Gasteiger partial charge in [-0.1, -0.05) is 18.2 Å². The van der Waals surface area contributed by atoms with Crippen molar-refractivity contribution in [1.29, 1.82) is 0 Å². The normalized spacial score (nSPS) is 14.1. The third-order valence-corrected chi connectivity index (χ3v) is 6.24. The Balaban J connectivity index is 1.65. The number of fused-ring (bicyclic) bond motifs is 1. The van der Waals surface area contributed by atoms with Crippen LogP contribution in [0.15, 0.2) is 43.0 Å². The largest absolute Gasteiger partial charge is 0.481 e. The van der Waals surface area contributed by atoms with Gasteiger partial charge in [0.25, 0.3) is 0 Å². The highest BCUT2D eigenvalue weighted by Crippen LogP contribution is 2.19. The molecule has 14 nitrogen and oxygen atoms in total. The summed E-state index contributed by atoms with van der Waals surface area (Å²) in [5.74, 6) is -5.51. The van der Waals surface area contributed by atoms with Gasteiger partial charge < -0.3 is 41.9 Å². The highest BCUT2D eigenvalue weighted by molar-refractivity contribution is 7.80. The molecule has 0 aliphatic heterocycles. The number of nitrogens with one attached hydrogen (secondary N) is 5. The van der Waals surface area contributed by atoms with E-state index in [4.69, 9.17) is 5.73 Å². The van der Waals surface area contributed by atoms with Crippen LogP contribution in [0.1, 0.15) is 17.7 Å².